The van der Waals surface area contributed by atoms with E-state index in [9.17, 15) is 14.7 Å². The molecule has 0 unspecified atom stereocenters. The van der Waals surface area contributed by atoms with Gasteiger partial charge >= 0.3 is 0 Å². The minimum Gasteiger partial charge on any atom is -0.472 e. The van der Waals surface area contributed by atoms with Crippen molar-refractivity contribution in [3.8, 4) is 17.0 Å². The van der Waals surface area contributed by atoms with Crippen LogP contribution in [0.5, 0.6) is 5.88 Å². The molecule has 0 radical (unpaired) electrons. The predicted octanol–water partition coefficient (Wildman–Crippen LogP) is 3.14. The molecule has 1 aliphatic rings. The first kappa shape index (κ1) is 24.3. The number of fused-ring (bicyclic) bond motifs is 1. The van der Waals surface area contributed by atoms with Gasteiger partial charge in [0.25, 0.3) is 11.8 Å². The van der Waals surface area contributed by atoms with E-state index in [4.69, 9.17) is 4.74 Å². The summed E-state index contributed by atoms with van der Waals surface area (Å²) in [6.45, 7) is 4.29. The summed E-state index contributed by atoms with van der Waals surface area (Å²) in [5.74, 6) is -0.304. The average Bonchev–Trinajstić information content (AvgIpc) is 2.90. The third-order valence-corrected chi connectivity index (χ3v) is 6.34. The summed E-state index contributed by atoms with van der Waals surface area (Å²) >= 11 is 0. The quantitative estimate of drug-likeness (QED) is 0.590. The standard InChI is InChI=1S/C27H30N4O4/c1-18-15-31(19(2)17-32)27(34)23-12-22(20-8-5-4-6-9-20)14-29-25(23)35-24(18)16-30(3)26(33)21-10-7-11-28-13-21/h4-14,18-19,24,32H,15-17H2,1-3H3/t18-,19+,24+/m1/s1. The Labute approximate surface area is 205 Å². The van der Waals surface area contributed by atoms with Crippen molar-refractivity contribution in [2.45, 2.75) is 26.0 Å². The Balaban J connectivity index is 1.68. The average molecular weight is 475 g/mol. The molecule has 0 spiro atoms. The molecule has 0 bridgehead atoms. The Hall–Kier alpha value is -3.78. The van der Waals surface area contributed by atoms with Gasteiger partial charge in [-0.2, -0.15) is 0 Å². The molecule has 182 valence electrons. The lowest BCUT2D eigenvalue weighted by Crippen LogP contribution is -2.50. The van der Waals surface area contributed by atoms with Crippen LogP contribution in [0.15, 0.2) is 67.1 Å². The van der Waals surface area contributed by atoms with E-state index in [1.165, 1.54) is 6.20 Å². The number of carbonyl (C=O) groups is 2. The number of aliphatic hydroxyl groups excluding tert-OH is 1. The van der Waals surface area contributed by atoms with Gasteiger partial charge in [0.2, 0.25) is 5.88 Å². The number of ether oxygens (including phenoxy) is 1. The number of amides is 2. The third kappa shape index (κ3) is 5.33. The Bertz CT molecular complexity index is 1170. The van der Waals surface area contributed by atoms with Crippen LogP contribution in [-0.4, -0.2) is 75.6 Å². The van der Waals surface area contributed by atoms with Crippen molar-refractivity contribution in [3.05, 3.63) is 78.2 Å². The van der Waals surface area contributed by atoms with Gasteiger partial charge in [-0.15, -0.1) is 0 Å². The van der Waals surface area contributed by atoms with Gasteiger partial charge in [0.1, 0.15) is 11.7 Å². The van der Waals surface area contributed by atoms with E-state index in [2.05, 4.69) is 9.97 Å². The number of likely N-dealkylation sites (N-methyl/N-ethyl adjacent to an activating group) is 1. The highest BCUT2D eigenvalue weighted by Crippen LogP contribution is 2.30. The van der Waals surface area contributed by atoms with Crippen molar-refractivity contribution >= 4 is 11.8 Å². The van der Waals surface area contributed by atoms with Gasteiger partial charge in [0.05, 0.1) is 24.8 Å². The Morgan fingerprint density at radius 3 is 2.66 bits per heavy atom. The number of rotatable bonds is 6. The molecular formula is C27H30N4O4. The summed E-state index contributed by atoms with van der Waals surface area (Å²) in [6.07, 6.45) is 4.43. The first-order chi connectivity index (χ1) is 16.9. The smallest absolute Gasteiger partial charge is 0.259 e. The fourth-order valence-corrected chi connectivity index (χ4v) is 4.17. The number of carbonyl (C=O) groups excluding carboxylic acids is 2. The zero-order valence-electron chi connectivity index (χ0n) is 20.2. The van der Waals surface area contributed by atoms with Crippen molar-refractivity contribution in [3.63, 3.8) is 0 Å². The van der Waals surface area contributed by atoms with Gasteiger partial charge in [0, 0.05) is 43.7 Å². The fourth-order valence-electron chi connectivity index (χ4n) is 4.17. The summed E-state index contributed by atoms with van der Waals surface area (Å²) in [6, 6.07) is 14.5. The van der Waals surface area contributed by atoms with Gasteiger partial charge < -0.3 is 19.6 Å². The van der Waals surface area contributed by atoms with E-state index in [0.717, 1.165) is 11.1 Å². The van der Waals surface area contributed by atoms with E-state index in [1.807, 2.05) is 44.2 Å². The zero-order chi connectivity index (χ0) is 24.9. The normalized spacial score (nSPS) is 18.6. The molecule has 35 heavy (non-hydrogen) atoms. The molecule has 2 aromatic heterocycles. The van der Waals surface area contributed by atoms with Gasteiger partial charge in [-0.3, -0.25) is 14.6 Å². The maximum atomic E-state index is 13.6. The fraction of sp³-hybridized carbons (Fsp3) is 0.333. The van der Waals surface area contributed by atoms with Gasteiger partial charge in [-0.25, -0.2) is 4.98 Å². The number of nitrogens with zero attached hydrogens (tertiary/aromatic N) is 4. The SMILES string of the molecule is C[C@@H]1CN([C@@H](C)CO)C(=O)c2cc(-c3ccccc3)cnc2O[C@H]1CN(C)C(=O)c1cccnc1. The Morgan fingerprint density at radius 2 is 1.97 bits per heavy atom. The lowest BCUT2D eigenvalue weighted by Gasteiger charge is -2.37. The van der Waals surface area contributed by atoms with E-state index < -0.39 is 6.10 Å². The summed E-state index contributed by atoms with van der Waals surface area (Å²) in [5, 5.41) is 9.84. The van der Waals surface area contributed by atoms with Crippen LogP contribution in [0.25, 0.3) is 11.1 Å². The molecule has 3 aromatic rings. The van der Waals surface area contributed by atoms with Crippen LogP contribution < -0.4 is 4.74 Å². The van der Waals surface area contributed by atoms with Crippen LogP contribution in [0.3, 0.4) is 0 Å². The molecule has 1 aliphatic heterocycles. The highest BCUT2D eigenvalue weighted by atomic mass is 16.5. The highest BCUT2D eigenvalue weighted by molar-refractivity contribution is 5.98. The van der Waals surface area contributed by atoms with Crippen molar-refractivity contribution < 1.29 is 19.4 Å². The zero-order valence-corrected chi connectivity index (χ0v) is 20.2. The van der Waals surface area contributed by atoms with Gasteiger partial charge in [0.15, 0.2) is 0 Å². The molecule has 1 aromatic carbocycles. The lowest BCUT2D eigenvalue weighted by molar-refractivity contribution is 0.0313. The molecular weight excluding hydrogens is 444 g/mol. The number of aliphatic hydroxyl groups is 1. The number of aromatic nitrogens is 2. The lowest BCUT2D eigenvalue weighted by atomic mass is 9.99. The molecule has 1 N–H and O–H groups in total. The molecule has 0 fully saturated rings. The molecule has 8 heteroatoms. The third-order valence-electron chi connectivity index (χ3n) is 6.34. The second kappa shape index (κ2) is 10.7. The molecule has 4 rings (SSSR count). The van der Waals surface area contributed by atoms with Crippen LogP contribution in [0.4, 0.5) is 0 Å². The molecule has 2 amide bonds. The van der Waals surface area contributed by atoms with E-state index in [1.54, 1.807) is 47.4 Å². The van der Waals surface area contributed by atoms with Crippen molar-refractivity contribution in [1.29, 1.82) is 0 Å². The van der Waals surface area contributed by atoms with Crippen molar-refractivity contribution in [2.75, 3.05) is 26.7 Å². The van der Waals surface area contributed by atoms with E-state index >= 15 is 0 Å². The van der Waals surface area contributed by atoms with E-state index in [0.29, 0.717) is 24.2 Å². The summed E-state index contributed by atoms with van der Waals surface area (Å²) in [7, 11) is 1.72. The largest absolute Gasteiger partial charge is 0.472 e. The minimum atomic E-state index is -0.420. The monoisotopic (exact) mass is 474 g/mol. The number of hydrogen-bond donors (Lipinski definition) is 1. The second-order valence-electron chi connectivity index (χ2n) is 8.99. The maximum absolute atomic E-state index is 13.6. The van der Waals surface area contributed by atoms with Gasteiger partial charge in [-0.1, -0.05) is 37.3 Å². The molecule has 0 aliphatic carbocycles. The van der Waals surface area contributed by atoms with Crippen molar-refractivity contribution in [1.82, 2.24) is 19.8 Å². The summed E-state index contributed by atoms with van der Waals surface area (Å²) < 4.78 is 6.30. The number of hydrogen-bond acceptors (Lipinski definition) is 6. The second-order valence-corrected chi connectivity index (χ2v) is 8.99. The maximum Gasteiger partial charge on any atom is 0.259 e. The van der Waals surface area contributed by atoms with Crippen LogP contribution in [0, 0.1) is 5.92 Å². The van der Waals surface area contributed by atoms with Gasteiger partial charge in [-0.05, 0) is 30.7 Å². The first-order valence-electron chi connectivity index (χ1n) is 11.7. The molecule has 3 atom stereocenters. The molecule has 8 nitrogen and oxygen atoms in total. The number of benzene rings is 1. The van der Waals surface area contributed by atoms with Crippen LogP contribution in [-0.2, 0) is 0 Å². The molecule has 0 saturated carbocycles. The van der Waals surface area contributed by atoms with Crippen LogP contribution in [0.2, 0.25) is 0 Å². The van der Waals surface area contributed by atoms with E-state index in [-0.39, 0.29) is 36.3 Å². The summed E-state index contributed by atoms with van der Waals surface area (Å²) in [5.41, 5.74) is 2.56. The summed E-state index contributed by atoms with van der Waals surface area (Å²) in [4.78, 5) is 38.3. The Morgan fingerprint density at radius 1 is 1.20 bits per heavy atom. The minimum absolute atomic E-state index is 0.124. The topological polar surface area (TPSA) is 95.9 Å². The predicted molar refractivity (Wildman–Crippen MR) is 132 cm³/mol. The van der Waals surface area contributed by atoms with Crippen molar-refractivity contribution in [2.24, 2.45) is 5.92 Å². The Kier molecular flexibility index (Phi) is 7.41. The van der Waals surface area contributed by atoms with Crippen LogP contribution >= 0.6 is 0 Å². The van der Waals surface area contributed by atoms with Crippen LogP contribution in [0.1, 0.15) is 34.6 Å². The highest BCUT2D eigenvalue weighted by Gasteiger charge is 2.35. The number of pyridine rings is 2. The molecule has 3 heterocycles. The first-order valence-corrected chi connectivity index (χ1v) is 11.7. The molecule has 0 saturated heterocycles.